The molecule has 22 heavy (non-hydrogen) atoms. The summed E-state index contributed by atoms with van der Waals surface area (Å²) in [5, 5.41) is 16.1. The number of aromatic nitrogens is 2. The lowest BCUT2D eigenvalue weighted by Gasteiger charge is -2.14. The number of fused-ring (bicyclic) bond motifs is 1. The van der Waals surface area contributed by atoms with Crippen LogP contribution < -0.4 is 5.32 Å². The van der Waals surface area contributed by atoms with E-state index in [9.17, 15) is 9.59 Å². The highest BCUT2D eigenvalue weighted by Crippen LogP contribution is 2.20. The molecule has 0 unspecified atom stereocenters. The minimum absolute atomic E-state index is 0.203. The number of aryl methyl sites for hydroxylation is 2. The standard InChI is InChI=1S/C16H17N3O3/c1-10-8-11(5-6-12(10)16(21)22)18-15(20)13-9-17-19-7-3-2-4-14(13)19/h5-6,8-9H,2-4,7H2,1H3,(H,18,20)(H,21,22). The Labute approximate surface area is 127 Å². The first-order chi connectivity index (χ1) is 10.6. The molecule has 0 aliphatic carbocycles. The van der Waals surface area contributed by atoms with E-state index in [0.29, 0.717) is 16.8 Å². The van der Waals surface area contributed by atoms with Gasteiger partial charge in [0.2, 0.25) is 0 Å². The van der Waals surface area contributed by atoms with Crippen molar-refractivity contribution in [2.75, 3.05) is 5.32 Å². The van der Waals surface area contributed by atoms with Gasteiger partial charge in [0.15, 0.2) is 0 Å². The van der Waals surface area contributed by atoms with Gasteiger partial charge in [-0.05, 0) is 49.9 Å². The van der Waals surface area contributed by atoms with Crippen molar-refractivity contribution >= 4 is 17.6 Å². The van der Waals surface area contributed by atoms with E-state index < -0.39 is 5.97 Å². The maximum absolute atomic E-state index is 12.4. The molecule has 0 radical (unpaired) electrons. The molecular formula is C16H17N3O3. The highest BCUT2D eigenvalue weighted by Gasteiger charge is 2.20. The van der Waals surface area contributed by atoms with E-state index >= 15 is 0 Å². The predicted octanol–water partition coefficient (Wildman–Crippen LogP) is 2.48. The molecule has 0 saturated carbocycles. The molecule has 1 amide bonds. The number of aromatic carboxylic acids is 1. The third-order valence-electron chi connectivity index (χ3n) is 3.94. The van der Waals surface area contributed by atoms with Crippen LogP contribution in [0.4, 0.5) is 5.69 Å². The summed E-state index contributed by atoms with van der Waals surface area (Å²) in [6, 6.07) is 4.77. The van der Waals surface area contributed by atoms with E-state index in [4.69, 9.17) is 5.11 Å². The Kier molecular flexibility index (Phi) is 3.66. The second kappa shape index (κ2) is 5.63. The Balaban J connectivity index is 1.81. The SMILES string of the molecule is Cc1cc(NC(=O)c2cnn3c2CCCC3)ccc1C(=O)O. The molecule has 1 aromatic heterocycles. The number of hydrogen-bond donors (Lipinski definition) is 2. The number of carboxylic acid groups (broad SMARTS) is 1. The minimum Gasteiger partial charge on any atom is -0.478 e. The van der Waals surface area contributed by atoms with Crippen molar-refractivity contribution in [1.29, 1.82) is 0 Å². The summed E-state index contributed by atoms with van der Waals surface area (Å²) in [5.74, 6) is -1.17. The van der Waals surface area contributed by atoms with Crippen LogP contribution in [0, 0.1) is 6.92 Å². The number of nitrogens with zero attached hydrogens (tertiary/aromatic N) is 2. The molecule has 1 aliphatic rings. The van der Waals surface area contributed by atoms with Gasteiger partial charge in [0.25, 0.3) is 5.91 Å². The lowest BCUT2D eigenvalue weighted by atomic mass is 10.1. The Bertz CT molecular complexity index is 749. The van der Waals surface area contributed by atoms with Crippen molar-refractivity contribution in [3.63, 3.8) is 0 Å². The number of carbonyl (C=O) groups is 2. The first-order valence-electron chi connectivity index (χ1n) is 7.26. The molecule has 2 aromatic rings. The smallest absolute Gasteiger partial charge is 0.335 e. The fourth-order valence-electron chi connectivity index (χ4n) is 2.79. The molecule has 0 spiro atoms. The molecule has 2 heterocycles. The highest BCUT2D eigenvalue weighted by atomic mass is 16.4. The van der Waals surface area contributed by atoms with Crippen LogP contribution in [0.3, 0.4) is 0 Å². The first-order valence-corrected chi connectivity index (χ1v) is 7.26. The van der Waals surface area contributed by atoms with Gasteiger partial charge in [-0.1, -0.05) is 0 Å². The van der Waals surface area contributed by atoms with Crippen LogP contribution in [0.25, 0.3) is 0 Å². The van der Waals surface area contributed by atoms with Gasteiger partial charge in [-0.25, -0.2) is 4.79 Å². The summed E-state index contributed by atoms with van der Waals surface area (Å²) in [6.45, 7) is 2.57. The zero-order chi connectivity index (χ0) is 15.7. The lowest BCUT2D eigenvalue weighted by Crippen LogP contribution is -2.17. The van der Waals surface area contributed by atoms with Crippen LogP contribution in [0.15, 0.2) is 24.4 Å². The summed E-state index contributed by atoms with van der Waals surface area (Å²) in [6.07, 6.45) is 4.62. The number of carboxylic acids is 1. The van der Waals surface area contributed by atoms with Gasteiger partial charge in [-0.3, -0.25) is 9.48 Å². The zero-order valence-electron chi connectivity index (χ0n) is 12.3. The number of hydrogen-bond acceptors (Lipinski definition) is 3. The van der Waals surface area contributed by atoms with Gasteiger partial charge >= 0.3 is 5.97 Å². The average molecular weight is 299 g/mol. The van der Waals surface area contributed by atoms with E-state index in [-0.39, 0.29) is 11.5 Å². The van der Waals surface area contributed by atoms with Gasteiger partial charge in [0, 0.05) is 12.2 Å². The molecule has 1 aromatic carbocycles. The third-order valence-corrected chi connectivity index (χ3v) is 3.94. The van der Waals surface area contributed by atoms with Crippen LogP contribution in [0.5, 0.6) is 0 Å². The molecule has 0 fully saturated rings. The largest absolute Gasteiger partial charge is 0.478 e. The summed E-state index contributed by atoms with van der Waals surface area (Å²) >= 11 is 0. The van der Waals surface area contributed by atoms with Crippen molar-refractivity contribution in [2.24, 2.45) is 0 Å². The predicted molar refractivity (Wildman–Crippen MR) is 81.3 cm³/mol. The lowest BCUT2D eigenvalue weighted by molar-refractivity contribution is 0.0696. The molecule has 3 rings (SSSR count). The van der Waals surface area contributed by atoms with Crippen molar-refractivity contribution in [3.05, 3.63) is 46.8 Å². The Morgan fingerprint density at radius 2 is 2.09 bits per heavy atom. The Morgan fingerprint density at radius 3 is 2.82 bits per heavy atom. The molecule has 6 nitrogen and oxygen atoms in total. The number of benzene rings is 1. The van der Waals surface area contributed by atoms with Crippen molar-refractivity contribution in [1.82, 2.24) is 9.78 Å². The molecule has 0 bridgehead atoms. The zero-order valence-corrected chi connectivity index (χ0v) is 12.3. The molecule has 1 aliphatic heterocycles. The van der Waals surface area contributed by atoms with Crippen LogP contribution in [0.1, 0.15) is 44.8 Å². The maximum Gasteiger partial charge on any atom is 0.335 e. The number of carbonyl (C=O) groups excluding carboxylic acids is 1. The van der Waals surface area contributed by atoms with E-state index in [1.54, 1.807) is 25.3 Å². The quantitative estimate of drug-likeness (QED) is 0.912. The summed E-state index contributed by atoms with van der Waals surface area (Å²) in [7, 11) is 0. The first kappa shape index (κ1) is 14.3. The van der Waals surface area contributed by atoms with E-state index in [1.807, 2.05) is 4.68 Å². The van der Waals surface area contributed by atoms with Gasteiger partial charge in [-0.15, -0.1) is 0 Å². The average Bonchev–Trinajstić information content (AvgIpc) is 2.91. The van der Waals surface area contributed by atoms with Gasteiger partial charge in [-0.2, -0.15) is 5.10 Å². The van der Waals surface area contributed by atoms with Crippen LogP contribution >= 0.6 is 0 Å². The topological polar surface area (TPSA) is 84.2 Å². The maximum atomic E-state index is 12.4. The van der Waals surface area contributed by atoms with E-state index in [1.165, 1.54) is 6.07 Å². The minimum atomic E-state index is -0.971. The number of amides is 1. The summed E-state index contributed by atoms with van der Waals surface area (Å²) in [5.41, 5.74) is 3.01. The number of anilines is 1. The molecule has 114 valence electrons. The third kappa shape index (κ3) is 2.59. The number of nitrogens with one attached hydrogen (secondary N) is 1. The van der Waals surface area contributed by atoms with Gasteiger partial charge in [0.05, 0.1) is 23.0 Å². The second-order valence-corrected chi connectivity index (χ2v) is 5.47. The number of rotatable bonds is 3. The summed E-state index contributed by atoms with van der Waals surface area (Å²) < 4.78 is 1.89. The molecule has 0 atom stereocenters. The fourth-order valence-corrected chi connectivity index (χ4v) is 2.79. The Hall–Kier alpha value is -2.63. The van der Waals surface area contributed by atoms with Crippen LogP contribution in [0.2, 0.25) is 0 Å². The van der Waals surface area contributed by atoms with Gasteiger partial charge in [0.1, 0.15) is 0 Å². The van der Waals surface area contributed by atoms with Crippen molar-refractivity contribution < 1.29 is 14.7 Å². The van der Waals surface area contributed by atoms with Gasteiger partial charge < -0.3 is 10.4 Å². The molecule has 6 heteroatoms. The van der Waals surface area contributed by atoms with Crippen LogP contribution in [-0.4, -0.2) is 26.8 Å². The van der Waals surface area contributed by atoms with Crippen molar-refractivity contribution in [2.45, 2.75) is 32.7 Å². The fraction of sp³-hybridized carbons (Fsp3) is 0.312. The molecule has 0 saturated heterocycles. The normalized spacial score (nSPS) is 13.5. The van der Waals surface area contributed by atoms with E-state index in [0.717, 1.165) is 31.5 Å². The van der Waals surface area contributed by atoms with E-state index in [2.05, 4.69) is 10.4 Å². The van der Waals surface area contributed by atoms with Crippen LogP contribution in [-0.2, 0) is 13.0 Å². The molecule has 2 N–H and O–H groups in total. The Morgan fingerprint density at radius 1 is 1.27 bits per heavy atom. The second-order valence-electron chi connectivity index (χ2n) is 5.47. The highest BCUT2D eigenvalue weighted by molar-refractivity contribution is 6.05. The van der Waals surface area contributed by atoms with Crippen molar-refractivity contribution in [3.8, 4) is 0 Å². The summed E-state index contributed by atoms with van der Waals surface area (Å²) in [4.78, 5) is 23.4. The molecular weight excluding hydrogens is 282 g/mol. The monoisotopic (exact) mass is 299 g/mol.